The van der Waals surface area contributed by atoms with E-state index in [2.05, 4.69) is 21.6 Å². The van der Waals surface area contributed by atoms with E-state index in [4.69, 9.17) is 11.5 Å². The predicted molar refractivity (Wildman–Crippen MR) is 96.6 cm³/mol. The minimum atomic E-state index is -4.04. The topological polar surface area (TPSA) is 144 Å². The molecule has 2 rings (SSSR count). The normalized spacial score (nSPS) is 11.4. The van der Waals surface area contributed by atoms with E-state index >= 15 is 0 Å². The number of nitrogens with zero attached hydrogens (tertiary/aromatic N) is 1. The average Bonchev–Trinajstić information content (AvgIpc) is 2.51. The van der Waals surface area contributed by atoms with Crippen molar-refractivity contribution in [3.63, 3.8) is 0 Å². The first-order valence-corrected chi connectivity index (χ1v) is 9.72. The van der Waals surface area contributed by atoms with Crippen molar-refractivity contribution in [3.05, 3.63) is 34.6 Å². The van der Waals surface area contributed by atoms with Crippen LogP contribution in [0.25, 0.3) is 0 Å². The van der Waals surface area contributed by atoms with Crippen molar-refractivity contribution in [1.82, 2.24) is 9.97 Å². The number of nitrogens with two attached hydrogens (primary N) is 2. The Kier molecular flexibility index (Phi) is 5.73. The molecule has 2 aromatic rings. The highest BCUT2D eigenvalue weighted by Gasteiger charge is 2.21. The van der Waals surface area contributed by atoms with E-state index in [9.17, 15) is 13.2 Å². The number of thioether (sulfide) groups is 1. The van der Waals surface area contributed by atoms with E-state index < -0.39 is 15.6 Å². The van der Waals surface area contributed by atoms with Gasteiger partial charge in [-0.05, 0) is 18.6 Å². The highest BCUT2D eigenvalue weighted by Crippen LogP contribution is 2.23. The zero-order chi connectivity index (χ0) is 17.7. The molecule has 0 unspecified atom stereocenters. The summed E-state index contributed by atoms with van der Waals surface area (Å²) in [5.74, 6) is 0.598. The van der Waals surface area contributed by atoms with Crippen LogP contribution in [0.1, 0.15) is 19.8 Å². The quantitative estimate of drug-likeness (QED) is 0.251. The molecular weight excluding hydrogens is 350 g/mol. The molecule has 0 amide bonds. The van der Waals surface area contributed by atoms with Gasteiger partial charge in [-0.2, -0.15) is 0 Å². The fourth-order valence-electron chi connectivity index (χ4n) is 1.86. The largest absolute Gasteiger partial charge is 0.398 e. The Morgan fingerprint density at radius 2 is 2.00 bits per heavy atom. The second-order valence-electron chi connectivity index (χ2n) is 4.98. The van der Waals surface area contributed by atoms with Gasteiger partial charge in [-0.1, -0.05) is 37.2 Å². The lowest BCUT2D eigenvalue weighted by Crippen LogP contribution is -2.23. The summed E-state index contributed by atoms with van der Waals surface area (Å²) in [5, 5.41) is 0.355. The van der Waals surface area contributed by atoms with Crippen molar-refractivity contribution in [1.29, 1.82) is 0 Å². The van der Waals surface area contributed by atoms with Gasteiger partial charge in [0.2, 0.25) is 0 Å². The molecule has 10 heteroatoms. The van der Waals surface area contributed by atoms with Crippen LogP contribution < -0.4 is 21.7 Å². The number of rotatable bonds is 7. The Labute approximate surface area is 144 Å². The van der Waals surface area contributed by atoms with Crippen LogP contribution in [0, 0.1) is 0 Å². The SMILES string of the molecule is CCCCSc1nc(N)c(NS(=O)(=O)c2ccccc2N)c(=O)[nH]1. The summed E-state index contributed by atoms with van der Waals surface area (Å²) in [7, 11) is -4.04. The third-order valence-corrected chi connectivity index (χ3v) is 5.49. The number of aromatic amines is 1. The lowest BCUT2D eigenvalue weighted by Gasteiger charge is -2.11. The van der Waals surface area contributed by atoms with Gasteiger partial charge >= 0.3 is 0 Å². The average molecular weight is 369 g/mol. The number of para-hydroxylation sites is 1. The smallest absolute Gasteiger partial charge is 0.278 e. The van der Waals surface area contributed by atoms with Crippen LogP contribution in [-0.2, 0) is 10.0 Å². The van der Waals surface area contributed by atoms with Gasteiger partial charge in [0, 0.05) is 5.75 Å². The number of nitrogen functional groups attached to an aromatic ring is 2. The molecule has 0 atom stereocenters. The van der Waals surface area contributed by atoms with Gasteiger partial charge < -0.3 is 11.5 Å². The molecule has 0 bridgehead atoms. The predicted octanol–water partition coefficient (Wildman–Crippen LogP) is 1.63. The number of aromatic nitrogens is 2. The van der Waals surface area contributed by atoms with Gasteiger partial charge in [0.15, 0.2) is 16.7 Å². The molecule has 0 saturated heterocycles. The van der Waals surface area contributed by atoms with Crippen LogP contribution >= 0.6 is 11.8 Å². The molecule has 0 fully saturated rings. The van der Waals surface area contributed by atoms with Crippen LogP contribution in [-0.4, -0.2) is 24.1 Å². The number of nitrogens with one attached hydrogen (secondary N) is 2. The molecule has 1 aromatic carbocycles. The summed E-state index contributed by atoms with van der Waals surface area (Å²) in [5.41, 5.74) is 10.5. The van der Waals surface area contributed by atoms with Crippen molar-refractivity contribution in [2.24, 2.45) is 0 Å². The van der Waals surface area contributed by atoms with Crippen LogP contribution in [0.2, 0.25) is 0 Å². The van der Waals surface area contributed by atoms with E-state index in [-0.39, 0.29) is 22.1 Å². The maximum absolute atomic E-state index is 12.4. The summed E-state index contributed by atoms with van der Waals surface area (Å²) in [6.45, 7) is 2.05. The summed E-state index contributed by atoms with van der Waals surface area (Å²) < 4.78 is 26.9. The lowest BCUT2D eigenvalue weighted by atomic mass is 10.3. The summed E-state index contributed by atoms with van der Waals surface area (Å²) in [4.78, 5) is 18.6. The third-order valence-electron chi connectivity index (χ3n) is 3.11. The van der Waals surface area contributed by atoms with E-state index in [1.807, 2.05) is 0 Å². The highest BCUT2D eigenvalue weighted by atomic mass is 32.2. The molecule has 8 nitrogen and oxygen atoms in total. The first-order chi connectivity index (χ1) is 11.3. The van der Waals surface area contributed by atoms with Crippen molar-refractivity contribution < 1.29 is 8.42 Å². The maximum Gasteiger partial charge on any atom is 0.278 e. The number of unbranched alkanes of at least 4 members (excludes halogenated alkanes) is 1. The Bertz CT molecular complexity index is 880. The molecule has 1 heterocycles. The van der Waals surface area contributed by atoms with E-state index in [0.29, 0.717) is 5.16 Å². The second kappa shape index (κ2) is 7.58. The molecule has 0 saturated carbocycles. The Hall–Kier alpha value is -2.20. The Morgan fingerprint density at radius 3 is 2.62 bits per heavy atom. The second-order valence-corrected chi connectivity index (χ2v) is 7.71. The minimum Gasteiger partial charge on any atom is -0.398 e. The van der Waals surface area contributed by atoms with Crippen LogP contribution in [0.3, 0.4) is 0 Å². The van der Waals surface area contributed by atoms with E-state index in [0.717, 1.165) is 18.6 Å². The van der Waals surface area contributed by atoms with E-state index in [1.54, 1.807) is 6.07 Å². The first-order valence-electron chi connectivity index (χ1n) is 7.25. The van der Waals surface area contributed by atoms with Gasteiger partial charge in [0.1, 0.15) is 4.90 Å². The molecule has 24 heavy (non-hydrogen) atoms. The van der Waals surface area contributed by atoms with Crippen molar-refractivity contribution in [3.8, 4) is 0 Å². The molecule has 6 N–H and O–H groups in total. The number of H-pyrrole nitrogens is 1. The molecule has 0 aliphatic rings. The molecule has 0 spiro atoms. The number of anilines is 3. The number of benzene rings is 1. The molecule has 0 aliphatic heterocycles. The third kappa shape index (κ3) is 4.20. The zero-order valence-corrected chi connectivity index (χ0v) is 14.7. The van der Waals surface area contributed by atoms with Crippen LogP contribution in [0.5, 0.6) is 0 Å². The zero-order valence-electron chi connectivity index (χ0n) is 13.1. The fourth-order valence-corrected chi connectivity index (χ4v) is 4.03. The lowest BCUT2D eigenvalue weighted by molar-refractivity contribution is 0.601. The first kappa shape index (κ1) is 18.1. The fraction of sp³-hybridized carbons (Fsp3) is 0.286. The number of hydrogen-bond donors (Lipinski definition) is 4. The van der Waals surface area contributed by atoms with E-state index in [1.165, 1.54) is 30.0 Å². The van der Waals surface area contributed by atoms with Crippen LogP contribution in [0.15, 0.2) is 39.1 Å². The van der Waals surface area contributed by atoms with Gasteiger partial charge in [0.05, 0.1) is 5.69 Å². The van der Waals surface area contributed by atoms with Gasteiger partial charge in [0.25, 0.3) is 15.6 Å². The van der Waals surface area contributed by atoms with Gasteiger partial charge in [-0.15, -0.1) is 0 Å². The molecule has 130 valence electrons. The van der Waals surface area contributed by atoms with Gasteiger partial charge in [-0.3, -0.25) is 14.5 Å². The van der Waals surface area contributed by atoms with Crippen molar-refractivity contribution >= 4 is 39.0 Å². The number of sulfonamides is 1. The van der Waals surface area contributed by atoms with Crippen molar-refractivity contribution in [2.45, 2.75) is 29.8 Å². The monoisotopic (exact) mass is 369 g/mol. The maximum atomic E-state index is 12.4. The Balaban J connectivity index is 2.30. The Morgan fingerprint density at radius 1 is 1.29 bits per heavy atom. The molecule has 0 aliphatic carbocycles. The molecule has 0 radical (unpaired) electrons. The molecular formula is C14H19N5O3S2. The summed E-state index contributed by atoms with van der Waals surface area (Å²) in [6.07, 6.45) is 1.99. The van der Waals surface area contributed by atoms with Gasteiger partial charge in [-0.25, -0.2) is 13.4 Å². The summed E-state index contributed by atoms with van der Waals surface area (Å²) >= 11 is 1.35. The highest BCUT2D eigenvalue weighted by molar-refractivity contribution is 7.99. The van der Waals surface area contributed by atoms with Crippen LogP contribution in [0.4, 0.5) is 17.2 Å². The summed E-state index contributed by atoms with van der Waals surface area (Å²) in [6, 6.07) is 5.93. The molecule has 1 aromatic heterocycles. The number of hydrogen-bond acceptors (Lipinski definition) is 7. The standard InChI is InChI=1S/C14H19N5O3S2/c1-2-3-8-23-14-17-12(16)11(13(20)18-14)19-24(21,22)10-7-5-4-6-9(10)15/h4-7,19H,2-3,8,15H2,1H3,(H3,16,17,18,20). The van der Waals surface area contributed by atoms with Crippen molar-refractivity contribution in [2.75, 3.05) is 21.9 Å². The minimum absolute atomic E-state index is 0.0692.